The molecule has 0 aliphatic rings. The normalized spacial score (nSPS) is 10.8. The Hall–Kier alpha value is -3.74. The largest absolute Gasteiger partial charge is 0.451 e. The van der Waals surface area contributed by atoms with Gasteiger partial charge in [-0.05, 0) is 49.2 Å². The molecule has 0 aliphatic heterocycles. The van der Waals surface area contributed by atoms with Crippen molar-refractivity contribution in [2.24, 2.45) is 5.92 Å². The monoisotopic (exact) mass is 421 g/mol. The highest BCUT2D eigenvalue weighted by Crippen LogP contribution is 2.15. The second-order valence-electron chi connectivity index (χ2n) is 7.70. The second-order valence-corrected chi connectivity index (χ2v) is 7.70. The minimum atomic E-state index is -0.898. The zero-order chi connectivity index (χ0) is 22.5. The van der Waals surface area contributed by atoms with Gasteiger partial charge in [-0.2, -0.15) is 0 Å². The van der Waals surface area contributed by atoms with E-state index in [0.29, 0.717) is 23.1 Å². The van der Waals surface area contributed by atoms with Crippen LogP contribution in [0.1, 0.15) is 46.7 Å². The standard InChI is InChI=1S/C24H23NO6/c1-14(2)10-23(28)25-17-7-5-16(6-8-17)20(27)13-30-24(29)22-12-19(26)18-11-15(3)4-9-21(18)31-22/h4-9,11-12,14H,10,13H2,1-3H3,(H,25,28). The maximum atomic E-state index is 12.3. The van der Waals surface area contributed by atoms with Crippen molar-refractivity contribution in [2.45, 2.75) is 27.2 Å². The lowest BCUT2D eigenvalue weighted by molar-refractivity contribution is -0.116. The van der Waals surface area contributed by atoms with Crippen LogP contribution in [-0.2, 0) is 9.53 Å². The maximum absolute atomic E-state index is 12.3. The summed E-state index contributed by atoms with van der Waals surface area (Å²) in [4.78, 5) is 48.6. The van der Waals surface area contributed by atoms with Gasteiger partial charge in [0, 0.05) is 23.7 Å². The van der Waals surface area contributed by atoms with Crippen molar-refractivity contribution in [3.8, 4) is 0 Å². The van der Waals surface area contributed by atoms with E-state index in [1.54, 1.807) is 42.5 Å². The van der Waals surface area contributed by atoms with E-state index in [1.807, 2.05) is 20.8 Å². The molecule has 0 unspecified atom stereocenters. The van der Waals surface area contributed by atoms with Crippen molar-refractivity contribution in [2.75, 3.05) is 11.9 Å². The van der Waals surface area contributed by atoms with Crippen LogP contribution < -0.4 is 10.7 Å². The number of hydrogen-bond acceptors (Lipinski definition) is 6. The van der Waals surface area contributed by atoms with E-state index >= 15 is 0 Å². The molecule has 1 aromatic heterocycles. The first-order valence-corrected chi connectivity index (χ1v) is 9.87. The molecular weight excluding hydrogens is 398 g/mol. The smallest absolute Gasteiger partial charge is 0.374 e. The Labute approximate surface area is 179 Å². The fraction of sp³-hybridized carbons (Fsp3) is 0.250. The number of carbonyl (C=O) groups is 3. The number of carbonyl (C=O) groups excluding carboxylic acids is 3. The molecule has 0 bridgehead atoms. The number of rotatable bonds is 7. The van der Waals surface area contributed by atoms with Gasteiger partial charge in [0.15, 0.2) is 17.8 Å². The molecule has 1 heterocycles. The van der Waals surface area contributed by atoms with E-state index in [4.69, 9.17) is 9.15 Å². The first-order chi connectivity index (χ1) is 14.7. The third-order valence-corrected chi connectivity index (χ3v) is 4.50. The van der Waals surface area contributed by atoms with Crippen LogP contribution in [0.2, 0.25) is 0 Å². The average Bonchev–Trinajstić information content (AvgIpc) is 2.72. The fourth-order valence-corrected chi connectivity index (χ4v) is 2.98. The van der Waals surface area contributed by atoms with Crippen molar-refractivity contribution < 1.29 is 23.5 Å². The van der Waals surface area contributed by atoms with Crippen LogP contribution in [0, 0.1) is 12.8 Å². The van der Waals surface area contributed by atoms with Gasteiger partial charge < -0.3 is 14.5 Å². The van der Waals surface area contributed by atoms with Gasteiger partial charge in [0.25, 0.3) is 0 Å². The number of fused-ring (bicyclic) bond motifs is 1. The fourth-order valence-electron chi connectivity index (χ4n) is 2.98. The van der Waals surface area contributed by atoms with Crippen molar-refractivity contribution >= 4 is 34.3 Å². The summed E-state index contributed by atoms with van der Waals surface area (Å²) in [5.74, 6) is -1.45. The van der Waals surface area contributed by atoms with Crippen molar-refractivity contribution in [3.05, 3.63) is 75.6 Å². The number of Topliss-reactive ketones (excluding diaryl/α,β-unsaturated/α-hetero) is 1. The molecule has 7 nitrogen and oxygen atoms in total. The zero-order valence-corrected chi connectivity index (χ0v) is 17.6. The minimum Gasteiger partial charge on any atom is -0.451 e. The van der Waals surface area contributed by atoms with E-state index in [-0.39, 0.29) is 28.6 Å². The molecule has 31 heavy (non-hydrogen) atoms. The number of ketones is 1. The third kappa shape index (κ3) is 5.66. The Morgan fingerprint density at radius 2 is 1.74 bits per heavy atom. The number of hydrogen-bond donors (Lipinski definition) is 1. The first kappa shape index (κ1) is 22.0. The number of nitrogens with one attached hydrogen (secondary N) is 1. The predicted molar refractivity (Wildman–Crippen MR) is 116 cm³/mol. The number of benzene rings is 2. The highest BCUT2D eigenvalue weighted by Gasteiger charge is 2.16. The molecule has 0 saturated carbocycles. The van der Waals surface area contributed by atoms with E-state index < -0.39 is 18.4 Å². The van der Waals surface area contributed by atoms with Gasteiger partial charge in [0.05, 0.1) is 5.39 Å². The lowest BCUT2D eigenvalue weighted by Crippen LogP contribution is -2.16. The SMILES string of the molecule is Cc1ccc2oc(C(=O)OCC(=O)c3ccc(NC(=O)CC(C)C)cc3)cc(=O)c2c1. The van der Waals surface area contributed by atoms with Crippen LogP contribution in [0.4, 0.5) is 5.69 Å². The topological polar surface area (TPSA) is 103 Å². The Bertz CT molecular complexity index is 1190. The lowest BCUT2D eigenvalue weighted by Gasteiger charge is -2.08. The molecule has 2 aromatic carbocycles. The molecule has 0 radical (unpaired) electrons. The third-order valence-electron chi connectivity index (χ3n) is 4.50. The van der Waals surface area contributed by atoms with Crippen molar-refractivity contribution in [1.29, 1.82) is 0 Å². The summed E-state index contributed by atoms with van der Waals surface area (Å²) in [7, 11) is 0. The summed E-state index contributed by atoms with van der Waals surface area (Å²) in [6.45, 7) is 5.24. The molecule has 1 amide bonds. The molecule has 1 N–H and O–H groups in total. The molecule has 0 spiro atoms. The first-order valence-electron chi connectivity index (χ1n) is 9.87. The van der Waals surface area contributed by atoms with Gasteiger partial charge in [0.1, 0.15) is 5.58 Å². The van der Waals surface area contributed by atoms with Crippen LogP contribution in [-0.4, -0.2) is 24.3 Å². The average molecular weight is 421 g/mol. The molecule has 0 atom stereocenters. The lowest BCUT2D eigenvalue weighted by atomic mass is 10.1. The number of anilines is 1. The Balaban J connectivity index is 1.62. The number of amides is 1. The van der Waals surface area contributed by atoms with Crippen molar-refractivity contribution in [1.82, 2.24) is 0 Å². The summed E-state index contributed by atoms with van der Waals surface area (Å²) >= 11 is 0. The summed E-state index contributed by atoms with van der Waals surface area (Å²) in [5.41, 5.74) is 1.70. The van der Waals surface area contributed by atoms with Crippen LogP contribution in [0.3, 0.4) is 0 Å². The molecule has 160 valence electrons. The van der Waals surface area contributed by atoms with E-state index in [9.17, 15) is 19.2 Å². The van der Waals surface area contributed by atoms with E-state index in [1.165, 1.54) is 0 Å². The number of ether oxygens (including phenoxy) is 1. The van der Waals surface area contributed by atoms with Crippen molar-refractivity contribution in [3.63, 3.8) is 0 Å². The van der Waals surface area contributed by atoms with Gasteiger partial charge >= 0.3 is 5.97 Å². The molecule has 3 aromatic rings. The second kappa shape index (κ2) is 9.38. The van der Waals surface area contributed by atoms with Crippen LogP contribution in [0.5, 0.6) is 0 Å². The summed E-state index contributed by atoms with van der Waals surface area (Å²) in [6.07, 6.45) is 0.404. The highest BCUT2D eigenvalue weighted by molar-refractivity contribution is 6.00. The van der Waals surface area contributed by atoms with Gasteiger partial charge in [-0.15, -0.1) is 0 Å². The zero-order valence-electron chi connectivity index (χ0n) is 17.6. The molecular formula is C24H23NO6. The molecule has 3 rings (SSSR count). The quantitative estimate of drug-likeness (QED) is 0.455. The van der Waals surface area contributed by atoms with Gasteiger partial charge in [-0.25, -0.2) is 4.79 Å². The summed E-state index contributed by atoms with van der Waals surface area (Å²) < 4.78 is 10.5. The Kier molecular flexibility index (Phi) is 6.65. The molecule has 0 saturated heterocycles. The minimum absolute atomic E-state index is 0.102. The summed E-state index contributed by atoms with van der Waals surface area (Å²) in [6, 6.07) is 12.4. The maximum Gasteiger partial charge on any atom is 0.374 e. The van der Waals surface area contributed by atoms with Crippen LogP contribution >= 0.6 is 0 Å². The Morgan fingerprint density at radius 3 is 2.42 bits per heavy atom. The van der Waals surface area contributed by atoms with E-state index in [2.05, 4.69) is 5.32 Å². The molecule has 7 heteroatoms. The number of esters is 1. The number of aryl methyl sites for hydroxylation is 1. The van der Waals surface area contributed by atoms with Gasteiger partial charge in [-0.1, -0.05) is 25.5 Å². The van der Waals surface area contributed by atoms with E-state index in [0.717, 1.165) is 11.6 Å². The van der Waals surface area contributed by atoms with Gasteiger partial charge in [-0.3, -0.25) is 14.4 Å². The van der Waals surface area contributed by atoms with Gasteiger partial charge in [0.2, 0.25) is 11.7 Å². The summed E-state index contributed by atoms with van der Waals surface area (Å²) in [5, 5.41) is 3.13. The van der Waals surface area contributed by atoms with Crippen LogP contribution in [0.25, 0.3) is 11.0 Å². The van der Waals surface area contributed by atoms with Crippen LogP contribution in [0.15, 0.2) is 57.7 Å². The molecule has 0 fully saturated rings. The molecule has 0 aliphatic carbocycles. The highest BCUT2D eigenvalue weighted by atomic mass is 16.5. The predicted octanol–water partition coefficient (Wildman–Crippen LogP) is 4.13. The Morgan fingerprint density at radius 1 is 1.03 bits per heavy atom.